The van der Waals surface area contributed by atoms with Crippen LogP contribution in [0.3, 0.4) is 0 Å². The Bertz CT molecular complexity index is 420. The fourth-order valence-corrected chi connectivity index (χ4v) is 5.27. The van der Waals surface area contributed by atoms with Gasteiger partial charge in [0, 0.05) is 0 Å². The van der Waals surface area contributed by atoms with E-state index in [4.69, 9.17) is 0 Å². The van der Waals surface area contributed by atoms with E-state index >= 15 is 0 Å². The number of hydrogen-bond donors (Lipinski definition) is 2. The Labute approximate surface area is 114 Å². The largest absolute Gasteiger partial charge is 0.480 e. The molecule has 0 bridgehead atoms. The van der Waals surface area contributed by atoms with E-state index < -0.39 is 21.5 Å². The molecule has 0 atom stereocenters. The molecule has 0 aromatic heterocycles. The molecule has 2 rings (SSSR count). The summed E-state index contributed by atoms with van der Waals surface area (Å²) in [6, 6.07) is 0. The van der Waals surface area contributed by atoms with E-state index in [9.17, 15) is 18.3 Å². The molecular formula is C13H23NO4S. The van der Waals surface area contributed by atoms with Gasteiger partial charge in [-0.25, -0.2) is 8.42 Å². The molecule has 2 aliphatic carbocycles. The zero-order valence-corrected chi connectivity index (χ0v) is 12.0. The van der Waals surface area contributed by atoms with Gasteiger partial charge >= 0.3 is 5.97 Å². The maximum absolute atomic E-state index is 12.2. The Morgan fingerprint density at radius 1 is 1.11 bits per heavy atom. The molecule has 19 heavy (non-hydrogen) atoms. The van der Waals surface area contributed by atoms with Gasteiger partial charge in [-0.15, -0.1) is 0 Å². The second-order valence-electron chi connectivity index (χ2n) is 5.98. The van der Waals surface area contributed by atoms with Gasteiger partial charge in [-0.1, -0.05) is 32.1 Å². The van der Waals surface area contributed by atoms with Crippen molar-refractivity contribution in [2.24, 2.45) is 5.92 Å². The summed E-state index contributed by atoms with van der Waals surface area (Å²) in [5, 5.41) is 9.31. The molecule has 110 valence electrons. The van der Waals surface area contributed by atoms with Crippen LogP contribution < -0.4 is 4.72 Å². The maximum Gasteiger partial charge on any atom is 0.324 e. The van der Waals surface area contributed by atoms with Crippen LogP contribution >= 0.6 is 0 Å². The summed E-state index contributed by atoms with van der Waals surface area (Å²) in [5.74, 6) is -0.752. The first kappa shape index (κ1) is 14.8. The zero-order valence-electron chi connectivity index (χ0n) is 11.2. The molecular weight excluding hydrogens is 266 g/mol. The van der Waals surface area contributed by atoms with Crippen LogP contribution in [0.2, 0.25) is 0 Å². The Morgan fingerprint density at radius 2 is 1.68 bits per heavy atom. The van der Waals surface area contributed by atoms with Gasteiger partial charge in [0.1, 0.15) is 5.54 Å². The standard InChI is InChI=1S/C13H23NO4S/c15-12(16)13(8-4-5-9-13)14-19(17,18)10-11-6-2-1-3-7-11/h11,14H,1-10H2,(H,15,16). The third-order valence-corrected chi connectivity index (χ3v) is 6.01. The molecule has 0 aromatic carbocycles. The van der Waals surface area contributed by atoms with Crippen molar-refractivity contribution in [2.75, 3.05) is 5.75 Å². The van der Waals surface area contributed by atoms with Crippen molar-refractivity contribution >= 4 is 16.0 Å². The summed E-state index contributed by atoms with van der Waals surface area (Å²) in [5.41, 5.74) is -1.24. The minimum absolute atomic E-state index is 0.0853. The van der Waals surface area contributed by atoms with Crippen molar-refractivity contribution in [3.63, 3.8) is 0 Å². The minimum Gasteiger partial charge on any atom is -0.480 e. The van der Waals surface area contributed by atoms with Gasteiger partial charge in [0.2, 0.25) is 10.0 Å². The number of aliphatic carboxylic acids is 1. The SMILES string of the molecule is O=C(O)C1(NS(=O)(=O)CC2CCCCC2)CCCC1. The van der Waals surface area contributed by atoms with Gasteiger partial charge in [-0.05, 0) is 31.6 Å². The summed E-state index contributed by atoms with van der Waals surface area (Å²) in [4.78, 5) is 11.4. The number of rotatable bonds is 5. The van der Waals surface area contributed by atoms with Crippen molar-refractivity contribution in [1.29, 1.82) is 0 Å². The third kappa shape index (κ3) is 3.69. The topological polar surface area (TPSA) is 83.5 Å². The number of hydrogen-bond acceptors (Lipinski definition) is 3. The molecule has 2 fully saturated rings. The van der Waals surface area contributed by atoms with Crippen LogP contribution in [-0.4, -0.2) is 30.8 Å². The summed E-state index contributed by atoms with van der Waals surface area (Å²) < 4.78 is 26.9. The van der Waals surface area contributed by atoms with E-state index in [0.29, 0.717) is 12.8 Å². The molecule has 6 heteroatoms. The molecule has 0 heterocycles. The molecule has 0 amide bonds. The highest BCUT2D eigenvalue weighted by molar-refractivity contribution is 7.89. The second-order valence-corrected chi connectivity index (χ2v) is 7.75. The first-order chi connectivity index (χ1) is 8.94. The fourth-order valence-electron chi connectivity index (χ4n) is 3.34. The lowest BCUT2D eigenvalue weighted by Gasteiger charge is -2.27. The summed E-state index contributed by atoms with van der Waals surface area (Å²) in [6.45, 7) is 0. The molecule has 2 aliphatic rings. The number of nitrogens with one attached hydrogen (secondary N) is 1. The Hall–Kier alpha value is -0.620. The van der Waals surface area contributed by atoms with Crippen LogP contribution in [0.5, 0.6) is 0 Å². The Kier molecular flexibility index (Phi) is 4.50. The van der Waals surface area contributed by atoms with Crippen LogP contribution in [0.15, 0.2) is 0 Å². The van der Waals surface area contributed by atoms with Gasteiger partial charge < -0.3 is 5.11 Å². The van der Waals surface area contributed by atoms with Crippen LogP contribution in [0.4, 0.5) is 0 Å². The third-order valence-electron chi connectivity index (χ3n) is 4.40. The summed E-state index contributed by atoms with van der Waals surface area (Å²) in [7, 11) is -3.50. The molecule has 5 nitrogen and oxygen atoms in total. The predicted molar refractivity (Wildman–Crippen MR) is 72.3 cm³/mol. The first-order valence-corrected chi connectivity index (χ1v) is 8.84. The first-order valence-electron chi connectivity index (χ1n) is 7.19. The lowest BCUT2D eigenvalue weighted by molar-refractivity contribution is -0.143. The van der Waals surface area contributed by atoms with E-state index in [-0.39, 0.29) is 11.7 Å². The van der Waals surface area contributed by atoms with Gasteiger partial charge in [0.15, 0.2) is 0 Å². The van der Waals surface area contributed by atoms with Crippen LogP contribution in [0.25, 0.3) is 0 Å². The average molecular weight is 289 g/mol. The molecule has 0 aromatic rings. The zero-order chi connectivity index (χ0) is 13.9. The van der Waals surface area contributed by atoms with Gasteiger partial charge in [0.05, 0.1) is 5.75 Å². The number of carboxylic acids is 1. The van der Waals surface area contributed by atoms with Crippen molar-refractivity contribution in [3.8, 4) is 0 Å². The number of sulfonamides is 1. The molecule has 0 saturated heterocycles. The summed E-state index contributed by atoms with van der Waals surface area (Å²) in [6.07, 6.45) is 7.62. The van der Waals surface area contributed by atoms with Gasteiger partial charge in [-0.2, -0.15) is 4.72 Å². The fraction of sp³-hybridized carbons (Fsp3) is 0.923. The highest BCUT2D eigenvalue weighted by Gasteiger charge is 2.44. The molecule has 0 spiro atoms. The smallest absolute Gasteiger partial charge is 0.324 e. The number of carbonyl (C=O) groups is 1. The van der Waals surface area contributed by atoms with Crippen molar-refractivity contribution < 1.29 is 18.3 Å². The van der Waals surface area contributed by atoms with E-state index in [2.05, 4.69) is 4.72 Å². The molecule has 0 aliphatic heterocycles. The highest BCUT2D eigenvalue weighted by Crippen LogP contribution is 2.31. The maximum atomic E-state index is 12.2. The van der Waals surface area contributed by atoms with E-state index in [1.807, 2.05) is 0 Å². The second kappa shape index (κ2) is 5.79. The average Bonchev–Trinajstić information content (AvgIpc) is 2.78. The van der Waals surface area contributed by atoms with Crippen LogP contribution in [0, 0.1) is 5.92 Å². The Balaban J connectivity index is 2.01. The normalized spacial score (nSPS) is 24.4. The lowest BCUT2D eigenvalue weighted by atomic mass is 9.91. The van der Waals surface area contributed by atoms with E-state index in [1.165, 1.54) is 6.42 Å². The van der Waals surface area contributed by atoms with Crippen LogP contribution in [-0.2, 0) is 14.8 Å². The molecule has 0 unspecified atom stereocenters. The highest BCUT2D eigenvalue weighted by atomic mass is 32.2. The lowest BCUT2D eigenvalue weighted by Crippen LogP contribution is -2.53. The quantitative estimate of drug-likeness (QED) is 0.809. The molecule has 2 saturated carbocycles. The van der Waals surface area contributed by atoms with Crippen molar-refractivity contribution in [3.05, 3.63) is 0 Å². The number of carboxylic acid groups (broad SMARTS) is 1. The van der Waals surface area contributed by atoms with E-state index in [1.54, 1.807) is 0 Å². The monoisotopic (exact) mass is 289 g/mol. The minimum atomic E-state index is -3.50. The van der Waals surface area contributed by atoms with E-state index in [0.717, 1.165) is 38.5 Å². The molecule has 2 N–H and O–H groups in total. The van der Waals surface area contributed by atoms with Gasteiger partial charge in [-0.3, -0.25) is 4.79 Å². The van der Waals surface area contributed by atoms with Crippen molar-refractivity contribution in [1.82, 2.24) is 4.72 Å². The van der Waals surface area contributed by atoms with Crippen LogP contribution in [0.1, 0.15) is 57.8 Å². The van der Waals surface area contributed by atoms with Gasteiger partial charge in [0.25, 0.3) is 0 Å². The summed E-state index contributed by atoms with van der Waals surface area (Å²) >= 11 is 0. The Morgan fingerprint density at radius 3 is 2.21 bits per heavy atom. The van der Waals surface area contributed by atoms with Crippen molar-refractivity contribution in [2.45, 2.75) is 63.3 Å². The predicted octanol–water partition coefficient (Wildman–Crippen LogP) is 1.88. The molecule has 0 radical (unpaired) electrons.